The number of fused-ring (bicyclic) bond motifs is 1. The number of aromatic amines is 1. The lowest BCUT2D eigenvalue weighted by Gasteiger charge is -2.14. The highest BCUT2D eigenvalue weighted by molar-refractivity contribution is 7.92. The highest BCUT2D eigenvalue weighted by Crippen LogP contribution is 2.30. The topological polar surface area (TPSA) is 127 Å². The van der Waals surface area contributed by atoms with Crippen LogP contribution in [0.15, 0.2) is 99.7 Å². The quantitative estimate of drug-likeness (QED) is 0.350. The number of H-pyrrole nitrogens is 1. The summed E-state index contributed by atoms with van der Waals surface area (Å²) in [6.45, 7) is 3.79. The maximum absolute atomic E-state index is 13.4. The summed E-state index contributed by atoms with van der Waals surface area (Å²) < 4.78 is 29.6. The first-order chi connectivity index (χ1) is 17.7. The molecule has 5 rings (SSSR count). The van der Waals surface area contributed by atoms with Gasteiger partial charge in [0.15, 0.2) is 11.2 Å². The molecule has 10 heteroatoms. The second kappa shape index (κ2) is 9.47. The second-order valence-electron chi connectivity index (χ2n) is 8.69. The summed E-state index contributed by atoms with van der Waals surface area (Å²) in [4.78, 5) is 38.0. The first-order valence-electron chi connectivity index (χ1n) is 11.5. The molecule has 2 aromatic carbocycles. The Hall–Kier alpha value is -4.57. The van der Waals surface area contributed by atoms with Crippen molar-refractivity contribution in [1.29, 1.82) is 0 Å². The van der Waals surface area contributed by atoms with Gasteiger partial charge in [0.05, 0.1) is 16.3 Å². The van der Waals surface area contributed by atoms with Crippen LogP contribution in [-0.2, 0) is 10.0 Å². The molecule has 0 aliphatic heterocycles. The fourth-order valence-electron chi connectivity index (χ4n) is 3.95. The van der Waals surface area contributed by atoms with E-state index in [0.29, 0.717) is 17.0 Å². The third kappa shape index (κ3) is 4.66. The Balaban J connectivity index is 1.72. The van der Waals surface area contributed by atoms with Crippen LogP contribution in [0.1, 0.15) is 19.9 Å². The Morgan fingerprint density at radius 2 is 1.49 bits per heavy atom. The van der Waals surface area contributed by atoms with Crippen LogP contribution in [0.25, 0.3) is 33.7 Å². The van der Waals surface area contributed by atoms with Crippen LogP contribution < -0.4 is 15.7 Å². The van der Waals surface area contributed by atoms with Gasteiger partial charge in [-0.05, 0) is 32.0 Å². The number of hydrogen-bond acceptors (Lipinski definition) is 6. The van der Waals surface area contributed by atoms with E-state index in [1.807, 2.05) is 44.2 Å². The van der Waals surface area contributed by atoms with Gasteiger partial charge < -0.3 is 9.55 Å². The SMILES string of the molecule is CC(C)n1cc(-c2nc3c(=O)c(NS(=O)(=O)c4ccccc4)c[nH]c3nc2-c2ccccc2)ccc1=O. The van der Waals surface area contributed by atoms with E-state index in [1.54, 1.807) is 35.0 Å². The lowest BCUT2D eigenvalue weighted by molar-refractivity contribution is 0.579. The molecule has 0 amide bonds. The van der Waals surface area contributed by atoms with Gasteiger partial charge in [0.25, 0.3) is 15.6 Å². The second-order valence-corrected chi connectivity index (χ2v) is 10.4. The summed E-state index contributed by atoms with van der Waals surface area (Å²) in [6.07, 6.45) is 2.96. The van der Waals surface area contributed by atoms with Crippen molar-refractivity contribution < 1.29 is 8.42 Å². The van der Waals surface area contributed by atoms with Crippen molar-refractivity contribution in [3.8, 4) is 22.5 Å². The molecule has 0 saturated heterocycles. The Bertz CT molecular complexity index is 1830. The minimum atomic E-state index is -3.99. The standard InChI is InChI=1S/C27H23N5O4S/c1-17(2)32-16-19(13-14-22(32)33)24-23(18-9-5-3-6-10-18)30-27-25(29-24)26(34)21(15-28-27)31-37(35,36)20-11-7-4-8-12-20/h3-17,31H,1-2H3,(H,28,30,34). The Labute approximate surface area is 212 Å². The van der Waals surface area contributed by atoms with Crippen LogP contribution in [-0.4, -0.2) is 27.9 Å². The highest BCUT2D eigenvalue weighted by atomic mass is 32.2. The molecule has 0 aliphatic rings. The minimum Gasteiger partial charge on any atom is -0.342 e. The molecular formula is C27H23N5O4S. The van der Waals surface area contributed by atoms with E-state index in [9.17, 15) is 18.0 Å². The third-order valence-corrected chi connectivity index (χ3v) is 7.20. The average molecular weight is 514 g/mol. The van der Waals surface area contributed by atoms with E-state index in [-0.39, 0.29) is 33.3 Å². The Morgan fingerprint density at radius 1 is 0.838 bits per heavy atom. The number of benzene rings is 2. The van der Waals surface area contributed by atoms with E-state index in [2.05, 4.69) is 14.7 Å². The number of sulfonamides is 1. The van der Waals surface area contributed by atoms with E-state index in [0.717, 1.165) is 5.56 Å². The molecule has 0 atom stereocenters. The monoisotopic (exact) mass is 513 g/mol. The van der Waals surface area contributed by atoms with Gasteiger partial charge in [-0.2, -0.15) is 0 Å². The highest BCUT2D eigenvalue weighted by Gasteiger charge is 2.20. The van der Waals surface area contributed by atoms with E-state index in [1.165, 1.54) is 24.4 Å². The molecular weight excluding hydrogens is 490 g/mol. The van der Waals surface area contributed by atoms with Crippen LogP contribution in [0.4, 0.5) is 5.69 Å². The van der Waals surface area contributed by atoms with Gasteiger partial charge in [-0.25, -0.2) is 18.4 Å². The molecule has 0 bridgehead atoms. The van der Waals surface area contributed by atoms with Crippen molar-refractivity contribution in [3.63, 3.8) is 0 Å². The smallest absolute Gasteiger partial charge is 0.262 e. The number of pyridine rings is 2. The summed E-state index contributed by atoms with van der Waals surface area (Å²) in [5.41, 5.74) is 1.45. The molecule has 5 aromatic rings. The van der Waals surface area contributed by atoms with Crippen LogP contribution in [0, 0.1) is 0 Å². The van der Waals surface area contributed by atoms with E-state index >= 15 is 0 Å². The molecule has 0 saturated carbocycles. The fraction of sp³-hybridized carbons (Fsp3) is 0.111. The average Bonchev–Trinajstić information content (AvgIpc) is 2.91. The van der Waals surface area contributed by atoms with Crippen molar-refractivity contribution in [2.45, 2.75) is 24.8 Å². The number of nitrogens with zero attached hydrogens (tertiary/aromatic N) is 3. The molecule has 0 unspecified atom stereocenters. The van der Waals surface area contributed by atoms with Crippen LogP contribution in [0.3, 0.4) is 0 Å². The number of nitrogens with one attached hydrogen (secondary N) is 2. The zero-order valence-corrected chi connectivity index (χ0v) is 20.9. The Kier molecular flexibility index (Phi) is 6.18. The van der Waals surface area contributed by atoms with Gasteiger partial charge in [0.1, 0.15) is 5.69 Å². The molecule has 0 fully saturated rings. The summed E-state index contributed by atoms with van der Waals surface area (Å²) >= 11 is 0. The lowest BCUT2D eigenvalue weighted by Crippen LogP contribution is -2.21. The zero-order chi connectivity index (χ0) is 26.2. The van der Waals surface area contributed by atoms with Crippen LogP contribution >= 0.6 is 0 Å². The number of hydrogen-bond donors (Lipinski definition) is 2. The normalized spacial score (nSPS) is 11.6. The van der Waals surface area contributed by atoms with E-state index in [4.69, 9.17) is 4.98 Å². The van der Waals surface area contributed by atoms with Crippen molar-refractivity contribution in [2.24, 2.45) is 0 Å². The molecule has 2 N–H and O–H groups in total. The largest absolute Gasteiger partial charge is 0.342 e. The molecule has 37 heavy (non-hydrogen) atoms. The van der Waals surface area contributed by atoms with E-state index < -0.39 is 15.5 Å². The van der Waals surface area contributed by atoms with Gasteiger partial charge >= 0.3 is 0 Å². The van der Waals surface area contributed by atoms with Crippen molar-refractivity contribution in [2.75, 3.05) is 4.72 Å². The minimum absolute atomic E-state index is 0.0247. The molecule has 9 nitrogen and oxygen atoms in total. The van der Waals surface area contributed by atoms with Crippen molar-refractivity contribution >= 4 is 26.9 Å². The summed E-state index contributed by atoms with van der Waals surface area (Å²) in [7, 11) is -3.99. The van der Waals surface area contributed by atoms with Crippen LogP contribution in [0.5, 0.6) is 0 Å². The first kappa shape index (κ1) is 24.1. The van der Waals surface area contributed by atoms with Crippen LogP contribution in [0.2, 0.25) is 0 Å². The molecule has 0 spiro atoms. The number of aromatic nitrogens is 4. The van der Waals surface area contributed by atoms with Gasteiger partial charge in [-0.3, -0.25) is 14.3 Å². The fourth-order valence-corrected chi connectivity index (χ4v) is 5.03. The maximum atomic E-state index is 13.4. The zero-order valence-electron chi connectivity index (χ0n) is 20.0. The third-order valence-electron chi connectivity index (χ3n) is 5.82. The number of rotatable bonds is 6. The summed E-state index contributed by atoms with van der Waals surface area (Å²) in [5, 5.41) is 0. The summed E-state index contributed by atoms with van der Waals surface area (Å²) in [5.74, 6) is 0. The number of anilines is 1. The molecule has 3 aromatic heterocycles. The van der Waals surface area contributed by atoms with Crippen molar-refractivity contribution in [3.05, 3.63) is 106 Å². The van der Waals surface area contributed by atoms with Gasteiger partial charge in [-0.15, -0.1) is 0 Å². The molecule has 0 radical (unpaired) electrons. The molecule has 0 aliphatic carbocycles. The predicted molar refractivity (Wildman–Crippen MR) is 143 cm³/mol. The summed E-state index contributed by atoms with van der Waals surface area (Å²) in [6, 6.07) is 20.1. The Morgan fingerprint density at radius 3 is 2.16 bits per heavy atom. The van der Waals surface area contributed by atoms with Crippen molar-refractivity contribution in [1.82, 2.24) is 19.5 Å². The van der Waals surface area contributed by atoms with Gasteiger partial charge in [0, 0.05) is 35.6 Å². The molecule has 186 valence electrons. The first-order valence-corrected chi connectivity index (χ1v) is 13.0. The van der Waals surface area contributed by atoms with Gasteiger partial charge in [-0.1, -0.05) is 48.5 Å². The maximum Gasteiger partial charge on any atom is 0.262 e. The predicted octanol–water partition coefficient (Wildman–Crippen LogP) is 4.20. The lowest BCUT2D eigenvalue weighted by atomic mass is 10.0. The van der Waals surface area contributed by atoms with Gasteiger partial charge in [0.2, 0.25) is 5.43 Å². The molecule has 3 heterocycles.